The summed E-state index contributed by atoms with van der Waals surface area (Å²) in [4.78, 5) is 3.18. The Labute approximate surface area is 120 Å². The molecule has 0 aliphatic heterocycles. The molecule has 0 aliphatic carbocycles. The van der Waals surface area contributed by atoms with Gasteiger partial charge in [0, 0.05) is 22.7 Å². The van der Waals surface area contributed by atoms with Gasteiger partial charge in [-0.2, -0.15) is 0 Å². The average molecular weight is 292 g/mol. The van der Waals surface area contributed by atoms with Gasteiger partial charge in [0.1, 0.15) is 12.4 Å². The molecule has 0 bridgehead atoms. The number of fused-ring (bicyclic) bond motifs is 1. The van der Waals surface area contributed by atoms with Gasteiger partial charge < -0.3 is 9.72 Å². The van der Waals surface area contributed by atoms with E-state index < -0.39 is 0 Å². The second kappa shape index (κ2) is 5.16. The minimum atomic E-state index is 0.424. The lowest BCUT2D eigenvalue weighted by molar-refractivity contribution is 0.308. The second-order valence-corrected chi connectivity index (χ2v) is 5.01. The van der Waals surface area contributed by atoms with Gasteiger partial charge in [-0.1, -0.05) is 41.4 Å². The van der Waals surface area contributed by atoms with Crippen LogP contribution in [0.4, 0.5) is 0 Å². The monoisotopic (exact) mass is 291 g/mol. The number of ether oxygens (including phenoxy) is 1. The summed E-state index contributed by atoms with van der Waals surface area (Å²) in [5.74, 6) is 0.672. The zero-order chi connectivity index (χ0) is 13.2. The molecule has 0 saturated heterocycles. The molecule has 2 aromatic carbocycles. The summed E-state index contributed by atoms with van der Waals surface area (Å²) >= 11 is 12.3. The predicted octanol–water partition coefficient (Wildman–Crippen LogP) is 5.05. The van der Waals surface area contributed by atoms with E-state index in [0.29, 0.717) is 17.4 Å². The number of halogens is 2. The summed E-state index contributed by atoms with van der Waals surface area (Å²) in [6, 6.07) is 13.2. The maximum absolute atomic E-state index is 6.21. The zero-order valence-corrected chi connectivity index (χ0v) is 11.5. The molecule has 1 N–H and O–H groups in total. The van der Waals surface area contributed by atoms with Crippen molar-refractivity contribution in [3.05, 3.63) is 64.3 Å². The Morgan fingerprint density at radius 3 is 2.58 bits per heavy atom. The van der Waals surface area contributed by atoms with Gasteiger partial charge in [-0.3, -0.25) is 0 Å². The number of rotatable bonds is 3. The third-order valence-corrected chi connectivity index (χ3v) is 3.58. The van der Waals surface area contributed by atoms with E-state index in [9.17, 15) is 0 Å². The van der Waals surface area contributed by atoms with Gasteiger partial charge in [0.25, 0.3) is 0 Å². The quantitative estimate of drug-likeness (QED) is 0.717. The number of aromatic amines is 1. The van der Waals surface area contributed by atoms with Crippen LogP contribution in [0, 0.1) is 0 Å². The fourth-order valence-corrected chi connectivity index (χ4v) is 2.53. The average Bonchev–Trinajstić information content (AvgIpc) is 2.83. The third kappa shape index (κ3) is 2.42. The van der Waals surface area contributed by atoms with Gasteiger partial charge in [-0.05, 0) is 24.3 Å². The normalized spacial score (nSPS) is 10.8. The van der Waals surface area contributed by atoms with Gasteiger partial charge in [0.15, 0.2) is 0 Å². The molecular weight excluding hydrogens is 281 g/mol. The first kappa shape index (κ1) is 12.4. The molecule has 0 atom stereocenters. The Morgan fingerprint density at radius 1 is 0.947 bits per heavy atom. The summed E-state index contributed by atoms with van der Waals surface area (Å²) in [5, 5.41) is 2.32. The number of H-pyrrole nitrogens is 1. The van der Waals surface area contributed by atoms with Crippen molar-refractivity contribution in [2.24, 2.45) is 0 Å². The lowest BCUT2D eigenvalue weighted by atomic mass is 10.2. The highest BCUT2D eigenvalue weighted by Crippen LogP contribution is 2.29. The smallest absolute Gasteiger partial charge is 0.138 e. The standard InChI is InChI=1S/C15H11Cl2NO/c16-11-4-1-2-7-14(11)19-9-10-8-18-13-6-3-5-12(17)15(10)13/h1-8,18H,9H2. The number of hydrogen-bond acceptors (Lipinski definition) is 1. The summed E-state index contributed by atoms with van der Waals surface area (Å²) in [6.07, 6.45) is 1.91. The molecule has 2 nitrogen and oxygen atoms in total. The van der Waals surface area contributed by atoms with Crippen LogP contribution in [0.1, 0.15) is 5.56 Å². The number of para-hydroxylation sites is 1. The molecule has 0 spiro atoms. The molecule has 96 valence electrons. The van der Waals surface area contributed by atoms with E-state index in [0.717, 1.165) is 21.5 Å². The van der Waals surface area contributed by atoms with Gasteiger partial charge in [-0.25, -0.2) is 0 Å². The van der Waals surface area contributed by atoms with Crippen LogP contribution >= 0.6 is 23.2 Å². The number of hydrogen-bond donors (Lipinski definition) is 1. The van der Waals surface area contributed by atoms with E-state index in [-0.39, 0.29) is 0 Å². The first-order valence-electron chi connectivity index (χ1n) is 5.87. The Balaban J connectivity index is 1.89. The van der Waals surface area contributed by atoms with Crippen LogP contribution < -0.4 is 4.74 Å². The molecule has 0 fully saturated rings. The van der Waals surface area contributed by atoms with Crippen molar-refractivity contribution in [1.29, 1.82) is 0 Å². The first-order valence-corrected chi connectivity index (χ1v) is 6.63. The molecule has 19 heavy (non-hydrogen) atoms. The topological polar surface area (TPSA) is 25.0 Å². The first-order chi connectivity index (χ1) is 9.25. The lowest BCUT2D eigenvalue weighted by Crippen LogP contribution is -1.95. The van der Waals surface area contributed by atoms with Crippen molar-refractivity contribution in [2.75, 3.05) is 0 Å². The van der Waals surface area contributed by atoms with Crippen LogP contribution in [0.15, 0.2) is 48.7 Å². The van der Waals surface area contributed by atoms with E-state index in [4.69, 9.17) is 27.9 Å². The minimum Gasteiger partial charge on any atom is -0.487 e. The van der Waals surface area contributed by atoms with Crippen LogP contribution in [0.5, 0.6) is 5.75 Å². The summed E-state index contributed by atoms with van der Waals surface area (Å²) in [5.41, 5.74) is 2.02. The molecule has 1 aromatic heterocycles. The fraction of sp³-hybridized carbons (Fsp3) is 0.0667. The molecule has 0 aliphatic rings. The third-order valence-electron chi connectivity index (χ3n) is 2.96. The van der Waals surface area contributed by atoms with Gasteiger partial charge in [-0.15, -0.1) is 0 Å². The van der Waals surface area contributed by atoms with Crippen LogP contribution in [0.25, 0.3) is 10.9 Å². The predicted molar refractivity (Wildman–Crippen MR) is 79.1 cm³/mol. The van der Waals surface area contributed by atoms with Crippen LogP contribution in [0.3, 0.4) is 0 Å². The van der Waals surface area contributed by atoms with E-state index in [2.05, 4.69) is 4.98 Å². The maximum Gasteiger partial charge on any atom is 0.138 e. The van der Waals surface area contributed by atoms with Gasteiger partial charge in [0.05, 0.1) is 10.0 Å². The highest BCUT2D eigenvalue weighted by atomic mass is 35.5. The molecule has 3 aromatic rings. The second-order valence-electron chi connectivity index (χ2n) is 4.20. The SMILES string of the molecule is Clc1ccccc1OCc1c[nH]c2cccc(Cl)c12. The maximum atomic E-state index is 6.21. The van der Waals surface area contributed by atoms with Crippen molar-refractivity contribution < 1.29 is 4.74 Å². The van der Waals surface area contributed by atoms with Crippen molar-refractivity contribution >= 4 is 34.1 Å². The Hall–Kier alpha value is -1.64. The van der Waals surface area contributed by atoms with Crippen LogP contribution in [-0.2, 0) is 6.61 Å². The van der Waals surface area contributed by atoms with E-state index >= 15 is 0 Å². The largest absolute Gasteiger partial charge is 0.487 e. The van der Waals surface area contributed by atoms with E-state index in [1.54, 1.807) is 6.07 Å². The Morgan fingerprint density at radius 2 is 1.74 bits per heavy atom. The Bertz CT molecular complexity index is 721. The summed E-state index contributed by atoms with van der Waals surface area (Å²) in [6.45, 7) is 0.424. The van der Waals surface area contributed by atoms with E-state index in [1.807, 2.05) is 42.6 Å². The van der Waals surface area contributed by atoms with Gasteiger partial charge in [0.2, 0.25) is 0 Å². The van der Waals surface area contributed by atoms with Crippen molar-refractivity contribution in [3.63, 3.8) is 0 Å². The van der Waals surface area contributed by atoms with Crippen molar-refractivity contribution in [2.45, 2.75) is 6.61 Å². The van der Waals surface area contributed by atoms with Gasteiger partial charge >= 0.3 is 0 Å². The number of aromatic nitrogens is 1. The molecule has 0 saturated carbocycles. The fourth-order valence-electron chi connectivity index (χ4n) is 2.04. The van der Waals surface area contributed by atoms with Crippen molar-refractivity contribution in [1.82, 2.24) is 4.98 Å². The van der Waals surface area contributed by atoms with Crippen LogP contribution in [0.2, 0.25) is 10.0 Å². The summed E-state index contributed by atoms with van der Waals surface area (Å²) in [7, 11) is 0. The molecule has 0 radical (unpaired) electrons. The molecule has 3 rings (SSSR count). The molecular formula is C15H11Cl2NO. The Kier molecular flexibility index (Phi) is 3.36. The van der Waals surface area contributed by atoms with Crippen molar-refractivity contribution in [3.8, 4) is 5.75 Å². The highest BCUT2D eigenvalue weighted by molar-refractivity contribution is 6.35. The van der Waals surface area contributed by atoms with E-state index in [1.165, 1.54) is 0 Å². The molecule has 0 amide bonds. The minimum absolute atomic E-state index is 0.424. The molecule has 0 unspecified atom stereocenters. The molecule has 1 heterocycles. The summed E-state index contributed by atoms with van der Waals surface area (Å²) < 4.78 is 5.73. The zero-order valence-electron chi connectivity index (χ0n) is 9.99. The highest BCUT2D eigenvalue weighted by Gasteiger charge is 2.08. The number of nitrogens with one attached hydrogen (secondary N) is 1. The number of benzene rings is 2. The molecule has 4 heteroatoms. The lowest BCUT2D eigenvalue weighted by Gasteiger charge is -2.07. The van der Waals surface area contributed by atoms with Crippen LogP contribution in [-0.4, -0.2) is 4.98 Å².